The molecule has 6 aromatic rings. The molecule has 0 aliphatic carbocycles. The van der Waals surface area contributed by atoms with Gasteiger partial charge >= 0.3 is 0 Å². The first-order valence-corrected chi connectivity index (χ1v) is 13.8. The Hall–Kier alpha value is -4.51. The Morgan fingerprint density at radius 2 is 1.75 bits per heavy atom. The molecule has 0 saturated carbocycles. The average molecular weight is 569 g/mol. The van der Waals surface area contributed by atoms with Gasteiger partial charge in [-0.15, -0.1) is 0 Å². The molecule has 0 saturated heterocycles. The van der Waals surface area contributed by atoms with Crippen LogP contribution >= 0.6 is 11.6 Å². The molecule has 2 aromatic carbocycles. The van der Waals surface area contributed by atoms with Crippen molar-refractivity contribution >= 4 is 50.4 Å². The number of para-hydroxylation sites is 1. The second-order valence-electron chi connectivity index (χ2n) is 8.94. The van der Waals surface area contributed by atoms with E-state index in [1.54, 1.807) is 54.7 Å². The fourth-order valence-electron chi connectivity index (χ4n) is 4.72. The average Bonchev–Trinajstić information content (AvgIpc) is 2.99. The number of halogens is 1. The topological polar surface area (TPSA) is 129 Å². The number of hydrogen-bond donors (Lipinski definition) is 2. The van der Waals surface area contributed by atoms with Gasteiger partial charge in [-0.3, -0.25) is 14.2 Å². The third-order valence-electron chi connectivity index (χ3n) is 6.50. The van der Waals surface area contributed by atoms with Crippen LogP contribution in [-0.2, 0) is 11.2 Å². The van der Waals surface area contributed by atoms with Crippen LogP contribution in [0.4, 0.5) is 5.82 Å². The van der Waals surface area contributed by atoms with Crippen LogP contribution in [0.3, 0.4) is 0 Å². The summed E-state index contributed by atoms with van der Waals surface area (Å²) in [7, 11) is 0. The van der Waals surface area contributed by atoms with E-state index in [1.165, 1.54) is 23.2 Å². The molecular formula is C29H21ClN6O3S. The van der Waals surface area contributed by atoms with E-state index in [9.17, 15) is 14.1 Å². The number of fused-ring (bicyclic) bond motifs is 2. The highest BCUT2D eigenvalue weighted by molar-refractivity contribution is 7.91. The Morgan fingerprint density at radius 1 is 0.950 bits per heavy atom. The van der Waals surface area contributed by atoms with Crippen molar-refractivity contribution in [2.75, 3.05) is 5.32 Å². The number of aromatic amines is 1. The fourth-order valence-corrected chi connectivity index (χ4v) is 6.30. The molecule has 0 radical (unpaired) electrons. The van der Waals surface area contributed by atoms with Gasteiger partial charge in [0, 0.05) is 46.8 Å². The monoisotopic (exact) mass is 568 g/mol. The van der Waals surface area contributed by atoms with E-state index < -0.39 is 17.2 Å². The lowest BCUT2D eigenvalue weighted by Gasteiger charge is -2.24. The van der Waals surface area contributed by atoms with E-state index >= 15 is 0 Å². The van der Waals surface area contributed by atoms with Crippen LogP contribution in [0.2, 0.25) is 5.02 Å². The Labute approximate surface area is 235 Å². The molecule has 0 spiro atoms. The van der Waals surface area contributed by atoms with Crippen molar-refractivity contribution in [1.82, 2.24) is 24.5 Å². The smallest absolute Gasteiger partial charge is 0.268 e. The van der Waals surface area contributed by atoms with Crippen molar-refractivity contribution < 1.29 is 4.55 Å². The van der Waals surface area contributed by atoms with E-state index in [1.807, 2.05) is 25.1 Å². The van der Waals surface area contributed by atoms with Crippen molar-refractivity contribution in [1.29, 1.82) is 0 Å². The fraction of sp³-hybridized carbons (Fsp3) is 0.0690. The second kappa shape index (κ2) is 10.6. The number of rotatable bonds is 6. The highest BCUT2D eigenvalue weighted by Gasteiger charge is 2.28. The standard InChI is InChI=1S/C29H21ClN6O3S/c1-17(35-28-24-20(37)13-15-32-27(24)33-16-34-28)26-25(30)19-10-7-11-21(40(39)22-12-5-6-14-31-22)23(19)29(38)36(26)18-8-3-2-4-9-18/h2-17H,1H3,(H2,32,33,34,35,37)/t17-,40?/m0/s1. The molecule has 11 heteroatoms. The Kier molecular flexibility index (Phi) is 6.81. The largest absolute Gasteiger partial charge is 0.605 e. The minimum atomic E-state index is -1.73. The lowest BCUT2D eigenvalue weighted by atomic mass is 10.1. The lowest BCUT2D eigenvalue weighted by Crippen LogP contribution is -2.27. The normalized spacial score (nSPS) is 12.9. The third-order valence-corrected chi connectivity index (χ3v) is 8.26. The molecular weight excluding hydrogens is 548 g/mol. The summed E-state index contributed by atoms with van der Waals surface area (Å²) in [6.45, 7) is 1.83. The number of hydrogen-bond acceptors (Lipinski definition) is 7. The van der Waals surface area contributed by atoms with Gasteiger partial charge in [-0.2, -0.15) is 0 Å². The molecule has 0 amide bonds. The van der Waals surface area contributed by atoms with Crippen LogP contribution in [0.1, 0.15) is 18.7 Å². The first-order chi connectivity index (χ1) is 19.5. The van der Waals surface area contributed by atoms with Crippen LogP contribution in [-0.4, -0.2) is 29.1 Å². The molecule has 2 N–H and O–H groups in total. The van der Waals surface area contributed by atoms with Gasteiger partial charge in [0.15, 0.2) is 10.3 Å². The molecule has 0 bridgehead atoms. The zero-order valence-corrected chi connectivity index (χ0v) is 22.6. The minimum absolute atomic E-state index is 0.236. The number of benzene rings is 2. The van der Waals surface area contributed by atoms with Crippen LogP contribution in [0, 0.1) is 0 Å². The van der Waals surface area contributed by atoms with Gasteiger partial charge < -0.3 is 14.9 Å². The Balaban J connectivity index is 1.60. The summed E-state index contributed by atoms with van der Waals surface area (Å²) in [6.07, 6.45) is 4.42. The summed E-state index contributed by atoms with van der Waals surface area (Å²) in [4.78, 5) is 42.9. The number of pyridine rings is 3. The quantitative estimate of drug-likeness (QED) is 0.270. The zero-order valence-electron chi connectivity index (χ0n) is 21.0. The summed E-state index contributed by atoms with van der Waals surface area (Å²) >= 11 is 5.36. The molecule has 0 aliphatic heterocycles. The van der Waals surface area contributed by atoms with Crippen molar-refractivity contribution in [3.8, 4) is 5.69 Å². The highest BCUT2D eigenvalue weighted by atomic mass is 35.5. The number of anilines is 1. The molecule has 0 aliphatic rings. The minimum Gasteiger partial charge on any atom is -0.605 e. The molecule has 6 rings (SSSR count). The molecule has 198 valence electrons. The predicted octanol–water partition coefficient (Wildman–Crippen LogP) is 5.01. The Morgan fingerprint density at radius 3 is 2.52 bits per heavy atom. The Bertz CT molecular complexity index is 1980. The van der Waals surface area contributed by atoms with Gasteiger partial charge in [0.1, 0.15) is 28.6 Å². The van der Waals surface area contributed by atoms with E-state index in [4.69, 9.17) is 11.6 Å². The van der Waals surface area contributed by atoms with Gasteiger partial charge in [0.2, 0.25) is 5.03 Å². The van der Waals surface area contributed by atoms with Crippen LogP contribution in [0.15, 0.2) is 111 Å². The highest BCUT2D eigenvalue weighted by Crippen LogP contribution is 2.36. The summed E-state index contributed by atoms with van der Waals surface area (Å²) < 4.78 is 15.1. The van der Waals surface area contributed by atoms with Crippen LogP contribution in [0.25, 0.3) is 27.5 Å². The maximum absolute atomic E-state index is 14.3. The first-order valence-electron chi connectivity index (χ1n) is 12.3. The lowest BCUT2D eigenvalue weighted by molar-refractivity contribution is 0.592. The van der Waals surface area contributed by atoms with Crippen molar-refractivity contribution in [2.24, 2.45) is 0 Å². The maximum atomic E-state index is 14.3. The van der Waals surface area contributed by atoms with Crippen LogP contribution in [0.5, 0.6) is 0 Å². The zero-order chi connectivity index (χ0) is 27.8. The van der Waals surface area contributed by atoms with Gasteiger partial charge in [-0.25, -0.2) is 15.0 Å². The molecule has 40 heavy (non-hydrogen) atoms. The molecule has 0 fully saturated rings. The number of nitrogens with one attached hydrogen (secondary N) is 2. The summed E-state index contributed by atoms with van der Waals surface area (Å²) in [5.41, 5.74) is 0.758. The third kappa shape index (κ3) is 4.41. The molecule has 9 nitrogen and oxygen atoms in total. The number of H-pyrrole nitrogens is 1. The van der Waals surface area contributed by atoms with Crippen molar-refractivity contribution in [3.63, 3.8) is 0 Å². The maximum Gasteiger partial charge on any atom is 0.268 e. The van der Waals surface area contributed by atoms with Gasteiger partial charge in [0.05, 0.1) is 16.8 Å². The number of nitrogens with zero attached hydrogens (tertiary/aromatic N) is 4. The van der Waals surface area contributed by atoms with Crippen molar-refractivity contribution in [2.45, 2.75) is 22.9 Å². The molecule has 4 heterocycles. The first kappa shape index (κ1) is 25.8. The summed E-state index contributed by atoms with van der Waals surface area (Å²) in [5, 5.41) is 4.87. The van der Waals surface area contributed by atoms with Gasteiger partial charge in [0.25, 0.3) is 5.56 Å². The van der Waals surface area contributed by atoms with Gasteiger partial charge in [-0.05, 0) is 31.2 Å². The van der Waals surface area contributed by atoms with E-state index in [2.05, 4.69) is 25.3 Å². The second-order valence-corrected chi connectivity index (χ2v) is 10.7. The van der Waals surface area contributed by atoms with E-state index in [0.717, 1.165) is 0 Å². The SMILES string of the molecule is C[C@H](Nc1ncnc2[nH]ccc(=O)c12)c1c(Cl)c2cccc([S+]([O-])c3ccccn3)c2c(=O)n1-c1ccccc1. The van der Waals surface area contributed by atoms with E-state index in [-0.39, 0.29) is 21.8 Å². The summed E-state index contributed by atoms with van der Waals surface area (Å²) in [5.74, 6) is 0.299. The number of aromatic nitrogens is 5. The van der Waals surface area contributed by atoms with Crippen molar-refractivity contribution in [3.05, 3.63) is 123 Å². The molecule has 4 aromatic heterocycles. The summed E-state index contributed by atoms with van der Waals surface area (Å²) in [6, 6.07) is 20.1. The van der Waals surface area contributed by atoms with Crippen LogP contribution < -0.4 is 16.3 Å². The molecule has 2 atom stereocenters. The van der Waals surface area contributed by atoms with Gasteiger partial charge in [-0.1, -0.05) is 48.0 Å². The predicted molar refractivity (Wildman–Crippen MR) is 156 cm³/mol. The molecule has 1 unspecified atom stereocenters. The van der Waals surface area contributed by atoms with E-state index in [0.29, 0.717) is 43.2 Å².